The van der Waals surface area contributed by atoms with Crippen LogP contribution in [0.2, 0.25) is 0 Å². The summed E-state index contributed by atoms with van der Waals surface area (Å²) in [5.41, 5.74) is -0.413. The van der Waals surface area contributed by atoms with Gasteiger partial charge in [0.15, 0.2) is 0 Å². The predicted molar refractivity (Wildman–Crippen MR) is 90.0 cm³/mol. The van der Waals surface area contributed by atoms with Crippen LogP contribution in [0.4, 0.5) is 4.79 Å². The third kappa shape index (κ3) is 5.45. The number of carbonyl (C=O) groups is 1. The highest BCUT2D eigenvalue weighted by Crippen LogP contribution is 2.33. The Kier molecular flexibility index (Phi) is 5.76. The van der Waals surface area contributed by atoms with Crippen molar-refractivity contribution in [3.63, 3.8) is 0 Å². The number of rotatable bonds is 5. The summed E-state index contributed by atoms with van der Waals surface area (Å²) in [6.07, 6.45) is 7.03. The molecule has 2 fully saturated rings. The van der Waals surface area contributed by atoms with Gasteiger partial charge in [0.1, 0.15) is 5.60 Å². The number of nitrogens with zero attached hydrogens (tertiary/aromatic N) is 1. The van der Waals surface area contributed by atoms with Crippen LogP contribution in [0.3, 0.4) is 0 Å². The number of amides is 1. The SMILES string of the molecule is CC(CC1CCCCN1C(=O)OC(C)(C)C)NC(C)C1CC1. The van der Waals surface area contributed by atoms with Gasteiger partial charge in [0.2, 0.25) is 0 Å². The molecule has 0 aromatic heterocycles. The molecule has 22 heavy (non-hydrogen) atoms. The largest absolute Gasteiger partial charge is 0.444 e. The van der Waals surface area contributed by atoms with Crippen molar-refractivity contribution >= 4 is 6.09 Å². The molecule has 0 spiro atoms. The van der Waals surface area contributed by atoms with E-state index in [2.05, 4.69) is 19.2 Å². The van der Waals surface area contributed by atoms with Crippen molar-refractivity contribution in [2.75, 3.05) is 6.54 Å². The van der Waals surface area contributed by atoms with Crippen molar-refractivity contribution in [1.82, 2.24) is 10.2 Å². The summed E-state index contributed by atoms with van der Waals surface area (Å²) >= 11 is 0. The lowest BCUT2D eigenvalue weighted by Gasteiger charge is -2.38. The lowest BCUT2D eigenvalue weighted by Crippen LogP contribution is -2.49. The van der Waals surface area contributed by atoms with Crippen LogP contribution in [0.15, 0.2) is 0 Å². The van der Waals surface area contributed by atoms with E-state index in [0.717, 1.165) is 31.7 Å². The molecule has 0 aromatic rings. The molecule has 1 aliphatic carbocycles. The monoisotopic (exact) mass is 310 g/mol. The van der Waals surface area contributed by atoms with E-state index in [1.54, 1.807) is 0 Å². The zero-order valence-electron chi connectivity index (χ0n) is 15.0. The number of nitrogens with one attached hydrogen (secondary N) is 1. The zero-order chi connectivity index (χ0) is 16.3. The van der Waals surface area contributed by atoms with Crippen molar-refractivity contribution in [2.24, 2.45) is 5.92 Å². The van der Waals surface area contributed by atoms with Gasteiger partial charge in [-0.15, -0.1) is 0 Å². The Bertz CT molecular complexity index is 374. The second-order valence-corrected chi connectivity index (χ2v) is 8.25. The molecule has 128 valence electrons. The molecular formula is C18H34N2O2. The third-order valence-corrected chi connectivity index (χ3v) is 4.76. The van der Waals surface area contributed by atoms with E-state index < -0.39 is 5.60 Å². The fourth-order valence-corrected chi connectivity index (χ4v) is 3.46. The van der Waals surface area contributed by atoms with E-state index in [4.69, 9.17) is 4.74 Å². The fraction of sp³-hybridized carbons (Fsp3) is 0.944. The highest BCUT2D eigenvalue weighted by molar-refractivity contribution is 5.68. The Hall–Kier alpha value is -0.770. The lowest BCUT2D eigenvalue weighted by atomic mass is 9.96. The molecule has 3 unspecified atom stereocenters. The van der Waals surface area contributed by atoms with Gasteiger partial charge in [-0.1, -0.05) is 0 Å². The molecule has 1 amide bonds. The summed E-state index contributed by atoms with van der Waals surface area (Å²) in [6, 6.07) is 1.37. The first-order valence-corrected chi connectivity index (χ1v) is 9.02. The molecule has 1 N–H and O–H groups in total. The normalized spacial score (nSPS) is 25.7. The second-order valence-electron chi connectivity index (χ2n) is 8.25. The molecule has 3 atom stereocenters. The van der Waals surface area contributed by atoms with Crippen LogP contribution < -0.4 is 5.32 Å². The van der Waals surface area contributed by atoms with Crippen molar-refractivity contribution in [2.45, 2.75) is 96.9 Å². The van der Waals surface area contributed by atoms with E-state index in [-0.39, 0.29) is 6.09 Å². The highest BCUT2D eigenvalue weighted by Gasteiger charge is 2.33. The topological polar surface area (TPSA) is 41.6 Å². The van der Waals surface area contributed by atoms with Crippen molar-refractivity contribution in [1.29, 1.82) is 0 Å². The molecule has 1 heterocycles. The Morgan fingerprint density at radius 1 is 1.23 bits per heavy atom. The summed E-state index contributed by atoms with van der Waals surface area (Å²) in [5.74, 6) is 0.871. The van der Waals surface area contributed by atoms with E-state index in [0.29, 0.717) is 18.1 Å². The first-order chi connectivity index (χ1) is 10.3. The van der Waals surface area contributed by atoms with E-state index in [1.807, 2.05) is 25.7 Å². The van der Waals surface area contributed by atoms with Crippen molar-refractivity contribution in [3.8, 4) is 0 Å². The molecule has 1 aliphatic heterocycles. The molecule has 2 rings (SSSR count). The van der Waals surface area contributed by atoms with Gasteiger partial charge in [-0.05, 0) is 79.1 Å². The van der Waals surface area contributed by atoms with Crippen LogP contribution >= 0.6 is 0 Å². The van der Waals surface area contributed by atoms with Crippen LogP contribution in [0.5, 0.6) is 0 Å². The van der Waals surface area contributed by atoms with Crippen LogP contribution in [-0.2, 0) is 4.74 Å². The standard InChI is InChI=1S/C18H34N2O2/c1-13(19-14(2)15-9-10-15)12-16-8-6-7-11-20(16)17(21)22-18(3,4)5/h13-16,19H,6-12H2,1-5H3. The van der Waals surface area contributed by atoms with Gasteiger partial charge < -0.3 is 15.0 Å². The number of piperidine rings is 1. The first-order valence-electron chi connectivity index (χ1n) is 9.02. The zero-order valence-corrected chi connectivity index (χ0v) is 15.0. The van der Waals surface area contributed by atoms with E-state index >= 15 is 0 Å². The van der Waals surface area contributed by atoms with Gasteiger partial charge in [0.05, 0.1) is 0 Å². The Labute approximate surface area is 136 Å². The van der Waals surface area contributed by atoms with Crippen LogP contribution in [-0.4, -0.2) is 41.3 Å². The third-order valence-electron chi connectivity index (χ3n) is 4.76. The van der Waals surface area contributed by atoms with Gasteiger partial charge in [0, 0.05) is 24.7 Å². The fourth-order valence-electron chi connectivity index (χ4n) is 3.46. The minimum Gasteiger partial charge on any atom is -0.444 e. The van der Waals surface area contributed by atoms with Crippen LogP contribution in [0.1, 0.15) is 73.1 Å². The van der Waals surface area contributed by atoms with Crippen LogP contribution in [0.25, 0.3) is 0 Å². The Morgan fingerprint density at radius 3 is 2.50 bits per heavy atom. The number of hydrogen-bond acceptors (Lipinski definition) is 3. The van der Waals surface area contributed by atoms with Gasteiger partial charge in [-0.3, -0.25) is 0 Å². The average molecular weight is 310 g/mol. The van der Waals surface area contributed by atoms with Crippen molar-refractivity contribution < 1.29 is 9.53 Å². The molecule has 4 heteroatoms. The van der Waals surface area contributed by atoms with Gasteiger partial charge in [0.25, 0.3) is 0 Å². The summed E-state index contributed by atoms with van der Waals surface area (Å²) in [7, 11) is 0. The molecule has 0 radical (unpaired) electrons. The molecule has 0 aromatic carbocycles. The van der Waals surface area contributed by atoms with E-state index in [9.17, 15) is 4.79 Å². The number of hydrogen-bond donors (Lipinski definition) is 1. The lowest BCUT2D eigenvalue weighted by molar-refractivity contribution is 0.00778. The molecule has 1 saturated heterocycles. The summed E-state index contributed by atoms with van der Waals surface area (Å²) in [5, 5.41) is 3.72. The average Bonchev–Trinajstić information content (AvgIpc) is 3.21. The molecule has 1 saturated carbocycles. The number of likely N-dealkylation sites (tertiary alicyclic amines) is 1. The minimum absolute atomic E-state index is 0.139. The predicted octanol–water partition coefficient (Wildman–Crippen LogP) is 3.94. The van der Waals surface area contributed by atoms with E-state index in [1.165, 1.54) is 19.3 Å². The highest BCUT2D eigenvalue weighted by atomic mass is 16.6. The Balaban J connectivity index is 1.86. The smallest absolute Gasteiger partial charge is 0.410 e. The maximum Gasteiger partial charge on any atom is 0.410 e. The van der Waals surface area contributed by atoms with Crippen LogP contribution in [0, 0.1) is 5.92 Å². The molecule has 2 aliphatic rings. The minimum atomic E-state index is -0.413. The second kappa shape index (κ2) is 7.20. The maximum absolute atomic E-state index is 12.4. The summed E-state index contributed by atoms with van der Waals surface area (Å²) < 4.78 is 5.58. The van der Waals surface area contributed by atoms with Gasteiger partial charge in [-0.2, -0.15) is 0 Å². The summed E-state index contributed by atoms with van der Waals surface area (Å²) in [4.78, 5) is 14.4. The molecule has 0 bridgehead atoms. The van der Waals surface area contributed by atoms with Crippen molar-refractivity contribution in [3.05, 3.63) is 0 Å². The maximum atomic E-state index is 12.4. The first kappa shape index (κ1) is 17.6. The molecular weight excluding hydrogens is 276 g/mol. The number of carbonyl (C=O) groups excluding carboxylic acids is 1. The number of ether oxygens (including phenoxy) is 1. The quantitative estimate of drug-likeness (QED) is 0.836. The van der Waals surface area contributed by atoms with Gasteiger partial charge >= 0.3 is 6.09 Å². The summed E-state index contributed by atoms with van der Waals surface area (Å²) in [6.45, 7) is 11.2. The molecule has 4 nitrogen and oxygen atoms in total. The Morgan fingerprint density at radius 2 is 1.91 bits per heavy atom. The van der Waals surface area contributed by atoms with Gasteiger partial charge in [-0.25, -0.2) is 4.79 Å².